The van der Waals surface area contributed by atoms with Gasteiger partial charge in [-0.25, -0.2) is 4.79 Å². The monoisotopic (exact) mass is 333 g/mol. The van der Waals surface area contributed by atoms with Gasteiger partial charge in [0.25, 0.3) is 0 Å². The number of benzene rings is 1. The molecule has 0 bridgehead atoms. The lowest BCUT2D eigenvalue weighted by atomic mass is 10.0. The number of hydrogen-bond acceptors (Lipinski definition) is 4. The van der Waals surface area contributed by atoms with Gasteiger partial charge in [-0.05, 0) is 32.0 Å². The van der Waals surface area contributed by atoms with Crippen molar-refractivity contribution in [1.29, 1.82) is 0 Å². The lowest BCUT2D eigenvalue weighted by Gasteiger charge is -2.31. The fraction of sp³-hybridized carbons (Fsp3) is 0.611. The molecule has 2 fully saturated rings. The predicted molar refractivity (Wildman–Crippen MR) is 92.3 cm³/mol. The third kappa shape index (κ3) is 3.99. The summed E-state index contributed by atoms with van der Waals surface area (Å²) in [6, 6.07) is 8.25. The molecular weight excluding hydrogens is 306 g/mol. The molecule has 132 valence electrons. The lowest BCUT2D eigenvalue weighted by Crippen LogP contribution is -2.48. The molecule has 0 aliphatic carbocycles. The molecular formula is C18H27N3O3. The third-order valence-corrected chi connectivity index (χ3v) is 4.82. The Labute approximate surface area is 143 Å². The number of likely N-dealkylation sites (tertiary alicyclic amines) is 1. The number of nitrogens with zero attached hydrogens (tertiary/aromatic N) is 2. The highest BCUT2D eigenvalue weighted by Crippen LogP contribution is 2.31. The number of morpholine rings is 1. The van der Waals surface area contributed by atoms with Crippen LogP contribution in [0.4, 0.5) is 4.79 Å². The van der Waals surface area contributed by atoms with Crippen LogP contribution >= 0.6 is 0 Å². The zero-order valence-electron chi connectivity index (χ0n) is 14.4. The van der Waals surface area contributed by atoms with Crippen molar-refractivity contribution in [3.63, 3.8) is 0 Å². The van der Waals surface area contributed by atoms with Gasteiger partial charge in [-0.3, -0.25) is 4.90 Å². The first-order chi connectivity index (χ1) is 11.8. The molecule has 1 N–H and O–H groups in total. The van der Waals surface area contributed by atoms with E-state index in [0.29, 0.717) is 32.8 Å². The molecule has 24 heavy (non-hydrogen) atoms. The van der Waals surface area contributed by atoms with Gasteiger partial charge in [-0.1, -0.05) is 18.2 Å². The van der Waals surface area contributed by atoms with Gasteiger partial charge >= 0.3 is 6.03 Å². The number of carbonyl (C=O) groups is 1. The van der Waals surface area contributed by atoms with Gasteiger partial charge in [0.1, 0.15) is 5.75 Å². The number of hydrogen-bond donors (Lipinski definition) is 1. The average molecular weight is 333 g/mol. The molecule has 3 rings (SSSR count). The summed E-state index contributed by atoms with van der Waals surface area (Å²) in [7, 11) is 1.70. The minimum absolute atomic E-state index is 0.00241. The molecule has 0 spiro atoms. The minimum atomic E-state index is -0.00241. The Kier molecular flexibility index (Phi) is 5.93. The fourth-order valence-corrected chi connectivity index (χ4v) is 3.49. The van der Waals surface area contributed by atoms with Crippen LogP contribution in [0.2, 0.25) is 0 Å². The summed E-state index contributed by atoms with van der Waals surface area (Å²) in [5, 5.41) is 3.11. The molecule has 2 aliphatic rings. The second kappa shape index (κ2) is 8.35. The lowest BCUT2D eigenvalue weighted by molar-refractivity contribution is 0.0527. The topological polar surface area (TPSA) is 54.0 Å². The Morgan fingerprint density at radius 3 is 2.62 bits per heavy atom. The maximum absolute atomic E-state index is 12.4. The second-order valence-electron chi connectivity index (χ2n) is 6.29. The first kappa shape index (κ1) is 17.0. The number of para-hydroxylation sites is 1. The number of urea groups is 1. The molecule has 0 aromatic heterocycles. The normalized spacial score (nSPS) is 20.0. The van der Waals surface area contributed by atoms with Gasteiger partial charge in [0, 0.05) is 25.2 Å². The largest absolute Gasteiger partial charge is 0.496 e. The first-order valence-corrected chi connectivity index (χ1v) is 8.77. The van der Waals surface area contributed by atoms with Crippen LogP contribution in [0.1, 0.15) is 24.4 Å². The summed E-state index contributed by atoms with van der Waals surface area (Å²) in [5.41, 5.74) is 1.14. The Bertz CT molecular complexity index is 540. The van der Waals surface area contributed by atoms with Crippen molar-refractivity contribution >= 4 is 6.03 Å². The van der Waals surface area contributed by atoms with Crippen molar-refractivity contribution in [1.82, 2.24) is 15.1 Å². The summed E-state index contributed by atoms with van der Waals surface area (Å²) in [5.74, 6) is 0.884. The zero-order valence-corrected chi connectivity index (χ0v) is 14.4. The van der Waals surface area contributed by atoms with Gasteiger partial charge in [-0.15, -0.1) is 0 Å². The van der Waals surface area contributed by atoms with E-state index in [0.717, 1.165) is 24.4 Å². The quantitative estimate of drug-likeness (QED) is 0.894. The number of ether oxygens (including phenoxy) is 2. The van der Waals surface area contributed by atoms with E-state index >= 15 is 0 Å². The van der Waals surface area contributed by atoms with Crippen LogP contribution in [0, 0.1) is 0 Å². The Hall–Kier alpha value is -1.79. The SMILES string of the molecule is COc1ccccc1C(CNC(=O)N1CCOCC1)N1CCCC1. The molecule has 1 aromatic rings. The van der Waals surface area contributed by atoms with E-state index in [1.54, 1.807) is 7.11 Å². The molecule has 2 aliphatic heterocycles. The number of carbonyl (C=O) groups excluding carboxylic acids is 1. The summed E-state index contributed by atoms with van der Waals surface area (Å²) in [6.07, 6.45) is 2.42. The summed E-state index contributed by atoms with van der Waals surface area (Å²) < 4.78 is 10.9. The van der Waals surface area contributed by atoms with Crippen LogP contribution in [0.5, 0.6) is 5.75 Å². The Balaban J connectivity index is 1.69. The first-order valence-electron chi connectivity index (χ1n) is 8.77. The fourth-order valence-electron chi connectivity index (χ4n) is 3.49. The number of nitrogens with one attached hydrogen (secondary N) is 1. The number of rotatable bonds is 5. The van der Waals surface area contributed by atoms with E-state index < -0.39 is 0 Å². The van der Waals surface area contributed by atoms with Gasteiger partial charge in [0.05, 0.1) is 26.4 Å². The molecule has 1 unspecified atom stereocenters. The number of methoxy groups -OCH3 is 1. The van der Waals surface area contributed by atoms with Crippen LogP contribution in [0.15, 0.2) is 24.3 Å². The highest BCUT2D eigenvalue weighted by molar-refractivity contribution is 5.74. The van der Waals surface area contributed by atoms with Gasteiger partial charge < -0.3 is 19.7 Å². The second-order valence-corrected chi connectivity index (χ2v) is 6.29. The molecule has 0 saturated carbocycles. The minimum Gasteiger partial charge on any atom is -0.496 e. The maximum atomic E-state index is 12.4. The molecule has 0 radical (unpaired) electrons. The molecule has 2 amide bonds. The molecule has 1 aromatic carbocycles. The van der Waals surface area contributed by atoms with Crippen molar-refractivity contribution in [2.75, 3.05) is 53.0 Å². The van der Waals surface area contributed by atoms with E-state index in [-0.39, 0.29) is 12.1 Å². The summed E-state index contributed by atoms with van der Waals surface area (Å²) in [4.78, 5) is 16.7. The Morgan fingerprint density at radius 2 is 1.92 bits per heavy atom. The van der Waals surface area contributed by atoms with Crippen LogP contribution < -0.4 is 10.1 Å². The maximum Gasteiger partial charge on any atom is 0.317 e. The number of amides is 2. The van der Waals surface area contributed by atoms with Crippen molar-refractivity contribution in [2.24, 2.45) is 0 Å². The van der Waals surface area contributed by atoms with Gasteiger partial charge in [-0.2, -0.15) is 0 Å². The van der Waals surface area contributed by atoms with Crippen molar-refractivity contribution in [2.45, 2.75) is 18.9 Å². The predicted octanol–water partition coefficient (Wildman–Crippen LogP) is 1.87. The smallest absolute Gasteiger partial charge is 0.317 e. The van der Waals surface area contributed by atoms with Crippen LogP contribution in [-0.4, -0.2) is 68.9 Å². The van der Waals surface area contributed by atoms with Gasteiger partial charge in [0.15, 0.2) is 0 Å². The molecule has 6 heteroatoms. The van der Waals surface area contributed by atoms with Crippen molar-refractivity contribution in [3.05, 3.63) is 29.8 Å². The molecule has 1 atom stereocenters. The van der Waals surface area contributed by atoms with E-state index in [1.165, 1.54) is 12.8 Å². The van der Waals surface area contributed by atoms with Crippen molar-refractivity contribution in [3.8, 4) is 5.75 Å². The van der Waals surface area contributed by atoms with E-state index in [2.05, 4.69) is 16.3 Å². The zero-order chi connectivity index (χ0) is 16.8. The van der Waals surface area contributed by atoms with Crippen LogP contribution in [0.3, 0.4) is 0 Å². The van der Waals surface area contributed by atoms with Crippen molar-refractivity contribution < 1.29 is 14.3 Å². The Morgan fingerprint density at radius 1 is 1.21 bits per heavy atom. The molecule has 6 nitrogen and oxygen atoms in total. The molecule has 2 saturated heterocycles. The highest BCUT2D eigenvalue weighted by atomic mass is 16.5. The summed E-state index contributed by atoms with van der Waals surface area (Å²) in [6.45, 7) is 5.29. The molecule has 2 heterocycles. The summed E-state index contributed by atoms with van der Waals surface area (Å²) >= 11 is 0. The standard InChI is InChI=1S/C18H27N3O3/c1-23-17-7-3-2-6-15(17)16(20-8-4-5-9-20)14-19-18(22)21-10-12-24-13-11-21/h2-3,6-7,16H,4-5,8-14H2,1H3,(H,19,22). The highest BCUT2D eigenvalue weighted by Gasteiger charge is 2.27. The van der Waals surface area contributed by atoms with E-state index in [9.17, 15) is 4.79 Å². The van der Waals surface area contributed by atoms with Crippen LogP contribution in [0.25, 0.3) is 0 Å². The van der Waals surface area contributed by atoms with Gasteiger partial charge in [0.2, 0.25) is 0 Å². The average Bonchev–Trinajstić information content (AvgIpc) is 3.17. The van der Waals surface area contributed by atoms with E-state index in [4.69, 9.17) is 9.47 Å². The van der Waals surface area contributed by atoms with E-state index in [1.807, 2.05) is 23.1 Å². The van der Waals surface area contributed by atoms with Crippen LogP contribution in [-0.2, 0) is 4.74 Å². The third-order valence-electron chi connectivity index (χ3n) is 4.82.